The first-order chi connectivity index (χ1) is 7.70. The van der Waals surface area contributed by atoms with Gasteiger partial charge in [-0.05, 0) is 17.7 Å². The van der Waals surface area contributed by atoms with E-state index >= 15 is 0 Å². The van der Waals surface area contributed by atoms with Crippen LogP contribution in [-0.4, -0.2) is 19.2 Å². The summed E-state index contributed by atoms with van der Waals surface area (Å²) in [6.45, 7) is 0. The molecule has 17 heavy (non-hydrogen) atoms. The number of methoxy groups -OCH3 is 1. The van der Waals surface area contributed by atoms with Crippen molar-refractivity contribution in [2.75, 3.05) is 7.11 Å². The molecule has 1 rings (SSSR count). The number of alkyl halides is 5. The Labute approximate surface area is 94.2 Å². The first-order valence-corrected chi connectivity index (χ1v) is 4.54. The predicted octanol–water partition coefficient (Wildman–Crippen LogP) is 2.89. The summed E-state index contributed by atoms with van der Waals surface area (Å²) >= 11 is 0. The maximum Gasteiger partial charge on any atom is 0.455 e. The van der Waals surface area contributed by atoms with Gasteiger partial charge in [0.1, 0.15) is 11.8 Å². The summed E-state index contributed by atoms with van der Waals surface area (Å²) in [5, 5.41) is 0. The van der Waals surface area contributed by atoms with Gasteiger partial charge in [-0.2, -0.15) is 22.0 Å². The molecule has 0 fully saturated rings. The predicted molar refractivity (Wildman–Crippen MR) is 50.9 cm³/mol. The fourth-order valence-electron chi connectivity index (χ4n) is 1.20. The summed E-state index contributed by atoms with van der Waals surface area (Å²) in [5.41, 5.74) is 4.63. The van der Waals surface area contributed by atoms with Crippen LogP contribution in [0.5, 0.6) is 5.75 Å². The van der Waals surface area contributed by atoms with Gasteiger partial charge in [0, 0.05) is 0 Å². The summed E-state index contributed by atoms with van der Waals surface area (Å²) in [7, 11) is 1.35. The third-order valence-electron chi connectivity index (χ3n) is 2.24. The van der Waals surface area contributed by atoms with Crippen molar-refractivity contribution in [2.24, 2.45) is 5.73 Å². The van der Waals surface area contributed by atoms with Gasteiger partial charge in [0.15, 0.2) is 0 Å². The second-order valence-electron chi connectivity index (χ2n) is 3.37. The Balaban J connectivity index is 2.99. The fraction of sp³-hybridized carbons (Fsp3) is 0.400. The van der Waals surface area contributed by atoms with E-state index in [1.54, 1.807) is 0 Å². The summed E-state index contributed by atoms with van der Waals surface area (Å²) < 4.78 is 66.8. The van der Waals surface area contributed by atoms with Gasteiger partial charge in [0.25, 0.3) is 0 Å². The van der Waals surface area contributed by atoms with Gasteiger partial charge in [-0.15, -0.1) is 0 Å². The molecule has 0 amide bonds. The highest BCUT2D eigenvalue weighted by atomic mass is 19.4. The van der Waals surface area contributed by atoms with E-state index in [0.29, 0.717) is 5.75 Å². The molecule has 2 N–H and O–H groups in total. The van der Waals surface area contributed by atoms with Gasteiger partial charge in [0.05, 0.1) is 7.11 Å². The number of benzene rings is 1. The van der Waals surface area contributed by atoms with E-state index in [1.165, 1.54) is 19.2 Å². The van der Waals surface area contributed by atoms with Crippen LogP contribution >= 0.6 is 0 Å². The molecule has 2 nitrogen and oxygen atoms in total. The zero-order valence-electron chi connectivity index (χ0n) is 8.76. The van der Waals surface area contributed by atoms with Crippen LogP contribution in [0, 0.1) is 0 Å². The van der Waals surface area contributed by atoms with Crippen molar-refractivity contribution in [2.45, 2.75) is 18.1 Å². The Bertz CT molecular complexity index is 373. The van der Waals surface area contributed by atoms with Crippen molar-refractivity contribution in [1.82, 2.24) is 0 Å². The van der Waals surface area contributed by atoms with Crippen LogP contribution in [0.2, 0.25) is 0 Å². The zero-order chi connectivity index (χ0) is 13.3. The zero-order valence-corrected chi connectivity index (χ0v) is 8.76. The standard InChI is InChI=1S/C10H10F5NO/c1-17-7-4-2-6(3-5-7)8(16)9(11,12)10(13,14)15/h2-5,8H,16H2,1H3/t8-/m0/s1. The minimum atomic E-state index is -5.67. The van der Waals surface area contributed by atoms with Crippen LogP contribution in [0.3, 0.4) is 0 Å². The van der Waals surface area contributed by atoms with Crippen LogP contribution in [0.15, 0.2) is 24.3 Å². The van der Waals surface area contributed by atoms with E-state index in [1.807, 2.05) is 0 Å². The normalized spacial score (nSPS) is 14.5. The smallest absolute Gasteiger partial charge is 0.455 e. The molecule has 1 aromatic rings. The Morgan fingerprint density at radius 1 is 1.06 bits per heavy atom. The van der Waals surface area contributed by atoms with E-state index in [-0.39, 0.29) is 5.56 Å². The van der Waals surface area contributed by atoms with Crippen molar-refractivity contribution in [3.05, 3.63) is 29.8 Å². The molecule has 7 heteroatoms. The largest absolute Gasteiger partial charge is 0.497 e. The second-order valence-corrected chi connectivity index (χ2v) is 3.37. The van der Waals surface area contributed by atoms with Crippen molar-refractivity contribution in [3.63, 3.8) is 0 Å². The van der Waals surface area contributed by atoms with Crippen LogP contribution in [0.4, 0.5) is 22.0 Å². The average Bonchev–Trinajstić information content (AvgIpc) is 2.26. The summed E-state index contributed by atoms with van der Waals surface area (Å²) in [5.74, 6) is -4.63. The Morgan fingerprint density at radius 3 is 1.88 bits per heavy atom. The highest BCUT2D eigenvalue weighted by molar-refractivity contribution is 5.30. The molecular weight excluding hydrogens is 245 g/mol. The molecule has 0 unspecified atom stereocenters. The summed E-state index contributed by atoms with van der Waals surface area (Å²) in [6.07, 6.45) is -5.67. The molecule has 0 spiro atoms. The monoisotopic (exact) mass is 255 g/mol. The van der Waals surface area contributed by atoms with Crippen LogP contribution < -0.4 is 10.5 Å². The minimum Gasteiger partial charge on any atom is -0.497 e. The van der Waals surface area contributed by atoms with Crippen molar-refractivity contribution >= 4 is 0 Å². The van der Waals surface area contributed by atoms with Crippen LogP contribution in [-0.2, 0) is 0 Å². The molecule has 0 saturated carbocycles. The van der Waals surface area contributed by atoms with Gasteiger partial charge in [-0.1, -0.05) is 12.1 Å². The lowest BCUT2D eigenvalue weighted by Crippen LogP contribution is -2.45. The molecule has 0 aliphatic carbocycles. The Morgan fingerprint density at radius 2 is 1.53 bits per heavy atom. The van der Waals surface area contributed by atoms with Gasteiger partial charge in [-0.25, -0.2) is 0 Å². The lowest BCUT2D eigenvalue weighted by molar-refractivity contribution is -0.291. The number of hydrogen-bond donors (Lipinski definition) is 1. The van der Waals surface area contributed by atoms with E-state index in [4.69, 9.17) is 10.5 Å². The molecule has 0 heterocycles. The lowest BCUT2D eigenvalue weighted by Gasteiger charge is -2.25. The van der Waals surface area contributed by atoms with Crippen LogP contribution in [0.25, 0.3) is 0 Å². The highest BCUT2D eigenvalue weighted by Crippen LogP contribution is 2.43. The highest BCUT2D eigenvalue weighted by Gasteiger charge is 2.61. The third-order valence-corrected chi connectivity index (χ3v) is 2.24. The fourth-order valence-corrected chi connectivity index (χ4v) is 1.20. The molecule has 0 aromatic heterocycles. The molecule has 0 radical (unpaired) electrons. The minimum absolute atomic E-state index is 0.312. The van der Waals surface area contributed by atoms with Gasteiger partial charge < -0.3 is 10.5 Å². The lowest BCUT2D eigenvalue weighted by atomic mass is 10.0. The molecule has 0 aliphatic heterocycles. The van der Waals surface area contributed by atoms with Crippen molar-refractivity contribution in [3.8, 4) is 5.75 Å². The number of hydrogen-bond acceptors (Lipinski definition) is 2. The first-order valence-electron chi connectivity index (χ1n) is 4.54. The first kappa shape index (κ1) is 13.7. The van der Waals surface area contributed by atoms with E-state index < -0.39 is 18.1 Å². The molecule has 0 aliphatic rings. The Hall–Kier alpha value is -1.37. The van der Waals surface area contributed by atoms with Gasteiger partial charge in [-0.3, -0.25) is 0 Å². The topological polar surface area (TPSA) is 35.2 Å². The van der Waals surface area contributed by atoms with E-state index in [0.717, 1.165) is 12.1 Å². The molecular formula is C10H10F5NO. The molecule has 1 atom stereocenters. The average molecular weight is 255 g/mol. The third kappa shape index (κ3) is 2.66. The quantitative estimate of drug-likeness (QED) is 0.843. The van der Waals surface area contributed by atoms with Gasteiger partial charge >= 0.3 is 12.1 Å². The van der Waals surface area contributed by atoms with Crippen molar-refractivity contribution < 1.29 is 26.7 Å². The Kier molecular flexibility index (Phi) is 3.61. The number of nitrogens with two attached hydrogens (primary N) is 1. The number of rotatable bonds is 3. The summed E-state index contributed by atoms with van der Waals surface area (Å²) in [4.78, 5) is 0. The number of ether oxygens (including phenoxy) is 1. The summed E-state index contributed by atoms with van der Waals surface area (Å²) in [6, 6.07) is 2.24. The maximum absolute atomic E-state index is 12.9. The van der Waals surface area contributed by atoms with E-state index in [2.05, 4.69) is 0 Å². The van der Waals surface area contributed by atoms with Crippen LogP contribution in [0.1, 0.15) is 11.6 Å². The number of halogens is 5. The van der Waals surface area contributed by atoms with Crippen molar-refractivity contribution in [1.29, 1.82) is 0 Å². The SMILES string of the molecule is COc1ccc([C@H](N)C(F)(F)C(F)(F)F)cc1. The maximum atomic E-state index is 12.9. The molecule has 1 aromatic carbocycles. The molecule has 0 bridgehead atoms. The van der Waals surface area contributed by atoms with E-state index in [9.17, 15) is 22.0 Å². The second kappa shape index (κ2) is 4.48. The molecule has 96 valence electrons. The molecule has 0 saturated heterocycles. The van der Waals surface area contributed by atoms with Gasteiger partial charge in [0.2, 0.25) is 0 Å².